The molecule has 100 valence electrons. The molecular formula is C13H22N4O. The lowest BCUT2D eigenvalue weighted by Crippen LogP contribution is -2.16. The summed E-state index contributed by atoms with van der Waals surface area (Å²) in [5.74, 6) is 7.50. The van der Waals surface area contributed by atoms with E-state index >= 15 is 0 Å². The molecule has 2 rings (SSSR count). The molecule has 0 saturated heterocycles. The first kappa shape index (κ1) is 13.2. The molecule has 5 heteroatoms. The lowest BCUT2D eigenvalue weighted by atomic mass is 10.2. The summed E-state index contributed by atoms with van der Waals surface area (Å²) in [6, 6.07) is 1.91. The van der Waals surface area contributed by atoms with Crippen LogP contribution in [0.1, 0.15) is 50.7 Å². The first-order valence-corrected chi connectivity index (χ1v) is 6.74. The summed E-state index contributed by atoms with van der Waals surface area (Å²) in [6.07, 6.45) is 4.44. The zero-order chi connectivity index (χ0) is 13.0. The molecule has 3 N–H and O–H groups in total. The van der Waals surface area contributed by atoms with Crippen LogP contribution in [0.25, 0.3) is 0 Å². The average Bonchev–Trinajstić information content (AvgIpc) is 3.20. The Morgan fingerprint density at radius 3 is 2.78 bits per heavy atom. The first-order valence-electron chi connectivity index (χ1n) is 6.74. The van der Waals surface area contributed by atoms with E-state index in [0.29, 0.717) is 18.3 Å². The van der Waals surface area contributed by atoms with Gasteiger partial charge in [0.1, 0.15) is 11.9 Å². The fourth-order valence-corrected chi connectivity index (χ4v) is 2.10. The third kappa shape index (κ3) is 3.17. The zero-order valence-electron chi connectivity index (χ0n) is 11.1. The predicted molar refractivity (Wildman–Crippen MR) is 70.9 cm³/mol. The standard InChI is InChI=1S/C13H22N4O/c1-3-5-10-8-11(17-14)16-13(15-10)12(18-4-2)9-6-7-9/h8-9,12H,3-7,14H2,1-2H3,(H,15,16,17). The molecule has 1 heterocycles. The summed E-state index contributed by atoms with van der Waals surface area (Å²) in [5, 5.41) is 0. The minimum Gasteiger partial charge on any atom is -0.370 e. The van der Waals surface area contributed by atoms with Crippen LogP contribution < -0.4 is 11.3 Å². The van der Waals surface area contributed by atoms with Crippen LogP contribution in [-0.2, 0) is 11.2 Å². The minimum absolute atomic E-state index is 0.0268. The summed E-state index contributed by atoms with van der Waals surface area (Å²) >= 11 is 0. The van der Waals surface area contributed by atoms with E-state index in [4.69, 9.17) is 10.6 Å². The maximum Gasteiger partial charge on any atom is 0.160 e. The van der Waals surface area contributed by atoms with Crippen LogP contribution in [-0.4, -0.2) is 16.6 Å². The first-order chi connectivity index (χ1) is 8.78. The Kier molecular flexibility index (Phi) is 4.49. The van der Waals surface area contributed by atoms with E-state index in [2.05, 4.69) is 22.3 Å². The number of anilines is 1. The highest BCUT2D eigenvalue weighted by Crippen LogP contribution is 2.42. The Hall–Kier alpha value is -1.20. The largest absolute Gasteiger partial charge is 0.370 e. The fourth-order valence-electron chi connectivity index (χ4n) is 2.10. The lowest BCUT2D eigenvalue weighted by molar-refractivity contribution is 0.0400. The maximum absolute atomic E-state index is 5.79. The number of nitrogen functional groups attached to an aromatic ring is 1. The Labute approximate surface area is 108 Å². The number of hydrazine groups is 1. The third-order valence-electron chi connectivity index (χ3n) is 3.10. The van der Waals surface area contributed by atoms with Crippen molar-refractivity contribution in [3.63, 3.8) is 0 Å². The van der Waals surface area contributed by atoms with Gasteiger partial charge in [0.25, 0.3) is 0 Å². The number of aromatic nitrogens is 2. The summed E-state index contributed by atoms with van der Waals surface area (Å²) < 4.78 is 5.79. The number of nitrogens with one attached hydrogen (secondary N) is 1. The van der Waals surface area contributed by atoms with Crippen molar-refractivity contribution in [2.75, 3.05) is 12.0 Å². The van der Waals surface area contributed by atoms with Gasteiger partial charge < -0.3 is 10.2 Å². The number of hydrogen-bond donors (Lipinski definition) is 2. The van der Waals surface area contributed by atoms with Gasteiger partial charge in [0.05, 0.1) is 0 Å². The van der Waals surface area contributed by atoms with Crippen molar-refractivity contribution in [3.8, 4) is 0 Å². The van der Waals surface area contributed by atoms with Crippen molar-refractivity contribution in [2.45, 2.75) is 45.6 Å². The number of rotatable bonds is 7. The Bertz CT molecular complexity index is 393. The molecule has 18 heavy (non-hydrogen) atoms. The van der Waals surface area contributed by atoms with E-state index in [0.717, 1.165) is 24.4 Å². The number of nitrogens with zero attached hydrogens (tertiary/aromatic N) is 2. The summed E-state index contributed by atoms with van der Waals surface area (Å²) in [4.78, 5) is 9.06. The van der Waals surface area contributed by atoms with Crippen molar-refractivity contribution >= 4 is 5.82 Å². The Balaban J connectivity index is 2.25. The van der Waals surface area contributed by atoms with Crippen LogP contribution >= 0.6 is 0 Å². The topological polar surface area (TPSA) is 73.1 Å². The number of aryl methyl sites for hydroxylation is 1. The van der Waals surface area contributed by atoms with Crippen LogP contribution in [0.15, 0.2) is 6.07 Å². The number of nitrogens with two attached hydrogens (primary N) is 1. The zero-order valence-corrected chi connectivity index (χ0v) is 11.1. The van der Waals surface area contributed by atoms with Gasteiger partial charge in [-0.2, -0.15) is 0 Å². The van der Waals surface area contributed by atoms with Gasteiger partial charge in [0.2, 0.25) is 0 Å². The molecule has 1 aromatic rings. The highest BCUT2D eigenvalue weighted by Gasteiger charge is 2.35. The smallest absolute Gasteiger partial charge is 0.160 e. The summed E-state index contributed by atoms with van der Waals surface area (Å²) in [6.45, 7) is 4.83. The molecule has 1 fully saturated rings. The quantitative estimate of drug-likeness (QED) is 0.573. The maximum atomic E-state index is 5.79. The van der Waals surface area contributed by atoms with Crippen molar-refractivity contribution < 1.29 is 4.74 Å². The molecule has 0 radical (unpaired) electrons. The van der Waals surface area contributed by atoms with E-state index in [-0.39, 0.29) is 6.10 Å². The van der Waals surface area contributed by atoms with Crippen LogP contribution in [0.5, 0.6) is 0 Å². The third-order valence-corrected chi connectivity index (χ3v) is 3.10. The molecule has 0 spiro atoms. The second-order valence-corrected chi connectivity index (χ2v) is 4.71. The van der Waals surface area contributed by atoms with Crippen molar-refractivity contribution in [1.29, 1.82) is 0 Å². The average molecular weight is 250 g/mol. The molecule has 0 aromatic carbocycles. The van der Waals surface area contributed by atoms with Crippen LogP contribution in [0, 0.1) is 5.92 Å². The van der Waals surface area contributed by atoms with Gasteiger partial charge in [-0.15, -0.1) is 0 Å². The minimum atomic E-state index is 0.0268. The van der Waals surface area contributed by atoms with Gasteiger partial charge in [-0.1, -0.05) is 13.3 Å². The van der Waals surface area contributed by atoms with E-state index in [1.54, 1.807) is 0 Å². The second-order valence-electron chi connectivity index (χ2n) is 4.71. The van der Waals surface area contributed by atoms with E-state index in [1.807, 2.05) is 13.0 Å². The molecule has 1 saturated carbocycles. The lowest BCUT2D eigenvalue weighted by Gasteiger charge is -2.16. The molecule has 1 aliphatic carbocycles. The molecule has 1 atom stereocenters. The molecule has 5 nitrogen and oxygen atoms in total. The molecule has 0 aliphatic heterocycles. The molecule has 1 unspecified atom stereocenters. The van der Waals surface area contributed by atoms with Gasteiger partial charge >= 0.3 is 0 Å². The van der Waals surface area contributed by atoms with Crippen molar-refractivity contribution in [1.82, 2.24) is 9.97 Å². The molecule has 1 aromatic heterocycles. The van der Waals surface area contributed by atoms with Gasteiger partial charge in [0.15, 0.2) is 5.82 Å². The Morgan fingerprint density at radius 1 is 1.44 bits per heavy atom. The van der Waals surface area contributed by atoms with Crippen LogP contribution in [0.3, 0.4) is 0 Å². The molecular weight excluding hydrogens is 228 g/mol. The van der Waals surface area contributed by atoms with E-state index in [9.17, 15) is 0 Å². The van der Waals surface area contributed by atoms with Gasteiger partial charge in [-0.25, -0.2) is 15.8 Å². The van der Waals surface area contributed by atoms with Crippen molar-refractivity contribution in [2.24, 2.45) is 11.8 Å². The molecule has 1 aliphatic rings. The SMILES string of the molecule is CCCc1cc(NN)nc(C(OCC)C2CC2)n1. The van der Waals surface area contributed by atoms with E-state index in [1.165, 1.54) is 12.8 Å². The van der Waals surface area contributed by atoms with Crippen LogP contribution in [0.2, 0.25) is 0 Å². The normalized spacial score (nSPS) is 16.6. The summed E-state index contributed by atoms with van der Waals surface area (Å²) in [5.41, 5.74) is 3.64. The van der Waals surface area contributed by atoms with Crippen molar-refractivity contribution in [3.05, 3.63) is 17.6 Å². The monoisotopic (exact) mass is 250 g/mol. The highest BCUT2D eigenvalue weighted by atomic mass is 16.5. The summed E-state index contributed by atoms with van der Waals surface area (Å²) in [7, 11) is 0. The van der Waals surface area contributed by atoms with Gasteiger partial charge in [-0.3, -0.25) is 0 Å². The highest BCUT2D eigenvalue weighted by molar-refractivity contribution is 5.35. The Morgan fingerprint density at radius 2 is 2.22 bits per heavy atom. The fraction of sp³-hybridized carbons (Fsp3) is 0.692. The van der Waals surface area contributed by atoms with Crippen LogP contribution in [0.4, 0.5) is 5.82 Å². The second kappa shape index (κ2) is 6.11. The van der Waals surface area contributed by atoms with E-state index < -0.39 is 0 Å². The van der Waals surface area contributed by atoms with Gasteiger partial charge in [-0.05, 0) is 32.1 Å². The predicted octanol–water partition coefficient (Wildman–Crippen LogP) is 2.20. The number of hydrogen-bond acceptors (Lipinski definition) is 5. The van der Waals surface area contributed by atoms with Gasteiger partial charge in [0, 0.05) is 18.4 Å². The molecule has 0 bridgehead atoms. The molecule has 0 amide bonds. The number of ether oxygens (including phenoxy) is 1.